The predicted octanol–water partition coefficient (Wildman–Crippen LogP) is -1.06. The summed E-state index contributed by atoms with van der Waals surface area (Å²) in [6, 6.07) is 4.35. The lowest BCUT2D eigenvalue weighted by molar-refractivity contribution is 0.150. The lowest BCUT2D eigenvalue weighted by Crippen LogP contribution is -2.41. The Morgan fingerprint density at radius 1 is 1.36 bits per heavy atom. The molecule has 0 saturated carbocycles. The molecular weight excluding hydrogens is 314 g/mol. The zero-order chi connectivity index (χ0) is 16.5. The molecule has 0 radical (unpaired) electrons. The summed E-state index contributed by atoms with van der Waals surface area (Å²) < 4.78 is 27.0. The summed E-state index contributed by atoms with van der Waals surface area (Å²) in [6.07, 6.45) is 0. The Balaban J connectivity index is 2.37. The molecule has 0 aliphatic carbocycles. The van der Waals surface area contributed by atoms with E-state index in [1.807, 2.05) is 0 Å². The summed E-state index contributed by atoms with van der Waals surface area (Å²) in [5.41, 5.74) is 4.59. The molecule has 2 rings (SSSR count). The molecule has 1 aromatic carbocycles. The van der Waals surface area contributed by atoms with Gasteiger partial charge in [-0.2, -0.15) is 0 Å². The summed E-state index contributed by atoms with van der Waals surface area (Å²) in [7, 11) is -3.03. The summed E-state index contributed by atoms with van der Waals surface area (Å²) in [4.78, 5) is 28.2. The number of hydrogen-bond acceptors (Lipinski definition) is 7. The number of carbonyl (C=O) groups is 1. The third-order valence-electron chi connectivity index (χ3n) is 2.70. The van der Waals surface area contributed by atoms with Crippen LogP contribution in [0, 0.1) is 6.92 Å². The van der Waals surface area contributed by atoms with E-state index in [-0.39, 0.29) is 16.4 Å². The number of benzene rings is 1. The van der Waals surface area contributed by atoms with Crippen molar-refractivity contribution in [1.82, 2.24) is 19.2 Å². The predicted molar refractivity (Wildman–Crippen MR) is 75.7 cm³/mol. The SMILES string of the molecule is COn1c(C)nn(C(=O)NS(=O)(=O)c2ccccc2N)c1=O. The first-order valence-electron chi connectivity index (χ1n) is 5.92. The van der Waals surface area contributed by atoms with Crippen LogP contribution in [0.5, 0.6) is 0 Å². The van der Waals surface area contributed by atoms with Crippen LogP contribution in [0.15, 0.2) is 34.0 Å². The average molecular weight is 327 g/mol. The number of rotatable bonds is 3. The minimum absolute atomic E-state index is 0.0336. The van der Waals surface area contributed by atoms with Gasteiger partial charge in [0, 0.05) is 0 Å². The quantitative estimate of drug-likeness (QED) is 0.685. The van der Waals surface area contributed by atoms with E-state index in [4.69, 9.17) is 10.6 Å². The highest BCUT2D eigenvalue weighted by atomic mass is 32.2. The van der Waals surface area contributed by atoms with Crippen molar-refractivity contribution < 1.29 is 18.0 Å². The van der Waals surface area contributed by atoms with Gasteiger partial charge < -0.3 is 10.6 Å². The summed E-state index contributed by atoms with van der Waals surface area (Å²) in [5, 5.41) is 3.62. The highest BCUT2D eigenvalue weighted by Gasteiger charge is 2.24. The number of para-hydroxylation sites is 1. The number of hydrogen-bond donors (Lipinski definition) is 2. The molecule has 0 unspecified atom stereocenters. The van der Waals surface area contributed by atoms with Crippen molar-refractivity contribution in [1.29, 1.82) is 0 Å². The molecule has 11 heteroatoms. The molecule has 0 saturated heterocycles. The van der Waals surface area contributed by atoms with Crippen molar-refractivity contribution in [3.8, 4) is 0 Å². The Morgan fingerprint density at radius 3 is 2.55 bits per heavy atom. The monoisotopic (exact) mass is 327 g/mol. The van der Waals surface area contributed by atoms with E-state index < -0.39 is 21.7 Å². The minimum atomic E-state index is -4.24. The fourth-order valence-electron chi connectivity index (χ4n) is 1.73. The Kier molecular flexibility index (Phi) is 3.91. The lowest BCUT2D eigenvalue weighted by atomic mass is 10.3. The van der Waals surface area contributed by atoms with Crippen LogP contribution in [-0.2, 0) is 10.0 Å². The maximum Gasteiger partial charge on any atom is 0.388 e. The molecule has 2 aromatic rings. The van der Waals surface area contributed by atoms with Crippen LogP contribution in [0.4, 0.5) is 10.5 Å². The van der Waals surface area contributed by atoms with Gasteiger partial charge in [0.2, 0.25) is 0 Å². The number of nitrogens with one attached hydrogen (secondary N) is 1. The number of nitrogens with two attached hydrogens (primary N) is 1. The van der Waals surface area contributed by atoms with Gasteiger partial charge in [0.25, 0.3) is 10.0 Å². The average Bonchev–Trinajstić information content (AvgIpc) is 2.73. The van der Waals surface area contributed by atoms with E-state index >= 15 is 0 Å². The van der Waals surface area contributed by atoms with Gasteiger partial charge in [-0.1, -0.05) is 12.1 Å². The van der Waals surface area contributed by atoms with E-state index in [9.17, 15) is 18.0 Å². The van der Waals surface area contributed by atoms with Crippen LogP contribution in [0.25, 0.3) is 0 Å². The molecule has 118 valence electrons. The number of sulfonamides is 1. The Labute approximate surface area is 125 Å². The highest BCUT2D eigenvalue weighted by molar-refractivity contribution is 7.90. The van der Waals surface area contributed by atoms with Crippen molar-refractivity contribution in [3.05, 3.63) is 40.6 Å². The first-order chi connectivity index (χ1) is 10.3. The number of aryl methyl sites for hydroxylation is 1. The van der Waals surface area contributed by atoms with Crippen molar-refractivity contribution >= 4 is 21.7 Å². The molecule has 0 aliphatic heterocycles. The van der Waals surface area contributed by atoms with Gasteiger partial charge in [0.1, 0.15) is 12.0 Å². The molecule has 22 heavy (non-hydrogen) atoms. The Bertz CT molecular complexity index is 883. The van der Waals surface area contributed by atoms with E-state index in [2.05, 4.69) is 5.10 Å². The Morgan fingerprint density at radius 2 is 2.00 bits per heavy atom. The fourth-order valence-corrected chi connectivity index (χ4v) is 2.80. The molecule has 0 atom stereocenters. The topological polar surface area (TPSA) is 138 Å². The maximum absolute atomic E-state index is 12.1. The second-order valence-corrected chi connectivity index (χ2v) is 5.82. The lowest BCUT2D eigenvalue weighted by Gasteiger charge is -2.07. The van der Waals surface area contributed by atoms with Crippen LogP contribution in [-0.4, -0.2) is 36.1 Å². The molecular formula is C11H13N5O5S. The van der Waals surface area contributed by atoms with Gasteiger partial charge in [-0.15, -0.1) is 14.5 Å². The number of carbonyl (C=O) groups excluding carboxylic acids is 1. The van der Waals surface area contributed by atoms with Crippen molar-refractivity contribution in [3.63, 3.8) is 0 Å². The molecule has 0 fully saturated rings. The van der Waals surface area contributed by atoms with Crippen molar-refractivity contribution in [2.75, 3.05) is 12.8 Å². The molecule has 1 amide bonds. The van der Waals surface area contributed by atoms with Crippen molar-refractivity contribution in [2.24, 2.45) is 0 Å². The normalized spacial score (nSPS) is 11.2. The van der Waals surface area contributed by atoms with Gasteiger partial charge >= 0.3 is 11.7 Å². The van der Waals surface area contributed by atoms with E-state index in [0.29, 0.717) is 4.68 Å². The summed E-state index contributed by atoms with van der Waals surface area (Å²) in [6.45, 7) is 1.42. The van der Waals surface area contributed by atoms with Gasteiger partial charge in [-0.05, 0) is 19.1 Å². The van der Waals surface area contributed by atoms with E-state index in [0.717, 1.165) is 4.73 Å². The number of aromatic nitrogens is 3. The largest absolute Gasteiger partial charge is 0.411 e. The molecule has 3 N–H and O–H groups in total. The zero-order valence-electron chi connectivity index (χ0n) is 11.7. The fraction of sp³-hybridized carbons (Fsp3) is 0.182. The van der Waals surface area contributed by atoms with Crippen molar-refractivity contribution in [2.45, 2.75) is 11.8 Å². The number of anilines is 1. The third-order valence-corrected chi connectivity index (χ3v) is 4.09. The Hall–Kier alpha value is -2.82. The van der Waals surface area contributed by atoms with Gasteiger partial charge in [0.15, 0.2) is 5.82 Å². The van der Waals surface area contributed by atoms with Crippen LogP contribution in [0.3, 0.4) is 0 Å². The highest BCUT2D eigenvalue weighted by Crippen LogP contribution is 2.16. The molecule has 10 nitrogen and oxygen atoms in total. The number of nitrogens with zero attached hydrogens (tertiary/aromatic N) is 3. The third kappa shape index (κ3) is 2.65. The molecule has 0 spiro atoms. The molecule has 0 bridgehead atoms. The number of amides is 1. The standard InChI is InChI=1S/C11H13N5O5S/c1-7-13-15(11(18)16(7)21-2)10(17)14-22(19,20)9-6-4-3-5-8(9)12/h3-6H,12H2,1-2H3,(H,14,17). The first kappa shape index (κ1) is 15.6. The van der Waals surface area contributed by atoms with E-state index in [1.165, 1.54) is 32.2 Å². The van der Waals surface area contributed by atoms with Crippen LogP contribution in [0.1, 0.15) is 5.82 Å². The minimum Gasteiger partial charge on any atom is -0.411 e. The maximum atomic E-state index is 12.1. The van der Waals surface area contributed by atoms with E-state index in [1.54, 1.807) is 10.8 Å². The van der Waals surface area contributed by atoms with Crippen LogP contribution in [0.2, 0.25) is 0 Å². The van der Waals surface area contributed by atoms with Gasteiger partial charge in [0.05, 0.1) is 5.69 Å². The smallest absolute Gasteiger partial charge is 0.388 e. The first-order valence-corrected chi connectivity index (χ1v) is 7.41. The van der Waals surface area contributed by atoms with Crippen LogP contribution < -0.4 is 21.0 Å². The second kappa shape index (κ2) is 5.52. The van der Waals surface area contributed by atoms with Gasteiger partial charge in [-0.3, -0.25) is 0 Å². The molecule has 1 heterocycles. The molecule has 0 aliphatic rings. The van der Waals surface area contributed by atoms with Gasteiger partial charge in [-0.25, -0.2) is 22.7 Å². The molecule has 1 aromatic heterocycles. The number of nitrogen functional groups attached to an aromatic ring is 1. The summed E-state index contributed by atoms with van der Waals surface area (Å²) >= 11 is 0. The van der Waals surface area contributed by atoms with Crippen LogP contribution >= 0.6 is 0 Å². The summed E-state index contributed by atoms with van der Waals surface area (Å²) in [5.74, 6) is 0.0827. The zero-order valence-corrected chi connectivity index (χ0v) is 12.5. The second-order valence-electron chi connectivity index (χ2n) is 4.17.